The Balaban J connectivity index is 2.39. The van der Waals surface area contributed by atoms with Crippen LogP contribution in [0, 0.1) is 0 Å². The van der Waals surface area contributed by atoms with Crippen molar-refractivity contribution >= 4 is 33.3 Å². The number of aromatic nitrogens is 1. The Morgan fingerprint density at radius 1 is 1.26 bits per heavy atom. The first kappa shape index (κ1) is 14.1. The highest BCUT2D eigenvalue weighted by Gasteiger charge is 2.33. The van der Waals surface area contributed by atoms with Crippen LogP contribution in [-0.2, 0) is 6.18 Å². The van der Waals surface area contributed by atoms with Gasteiger partial charge < -0.3 is 4.42 Å². The van der Waals surface area contributed by atoms with Crippen LogP contribution in [0.15, 0.2) is 33.4 Å². The van der Waals surface area contributed by atoms with Crippen LogP contribution in [0.2, 0.25) is 5.15 Å². The molecule has 2 aromatic rings. The van der Waals surface area contributed by atoms with Crippen molar-refractivity contribution in [3.63, 3.8) is 0 Å². The molecule has 3 nitrogen and oxygen atoms in total. The highest BCUT2D eigenvalue weighted by atomic mass is 79.9. The number of furan rings is 1. The van der Waals surface area contributed by atoms with E-state index in [9.17, 15) is 18.0 Å². The fraction of sp³-hybridized carbons (Fsp3) is 0.0909. The first-order valence-electron chi connectivity index (χ1n) is 4.83. The highest BCUT2D eigenvalue weighted by Crippen LogP contribution is 2.30. The number of halogens is 5. The van der Waals surface area contributed by atoms with Crippen LogP contribution in [0.1, 0.15) is 21.8 Å². The molecule has 2 rings (SSSR count). The van der Waals surface area contributed by atoms with Gasteiger partial charge in [0.25, 0.3) is 0 Å². The summed E-state index contributed by atoms with van der Waals surface area (Å²) in [5, 5.41) is -0.521. The van der Waals surface area contributed by atoms with Gasteiger partial charge in [-0.2, -0.15) is 13.2 Å². The summed E-state index contributed by atoms with van der Waals surface area (Å²) < 4.78 is 42.5. The molecule has 8 heteroatoms. The quantitative estimate of drug-likeness (QED) is 0.595. The predicted octanol–water partition coefficient (Wildman–Crippen LogP) is 4.34. The van der Waals surface area contributed by atoms with Gasteiger partial charge in [-0.05, 0) is 40.2 Å². The maximum atomic E-state index is 12.4. The molecule has 0 atom stereocenters. The molecule has 0 aliphatic rings. The third kappa shape index (κ3) is 2.98. The smallest absolute Gasteiger partial charge is 0.433 e. The second-order valence-electron chi connectivity index (χ2n) is 3.47. The van der Waals surface area contributed by atoms with E-state index in [2.05, 4.69) is 20.9 Å². The van der Waals surface area contributed by atoms with Crippen LogP contribution < -0.4 is 0 Å². The van der Waals surface area contributed by atoms with Crippen molar-refractivity contribution in [1.82, 2.24) is 4.98 Å². The lowest BCUT2D eigenvalue weighted by molar-refractivity contribution is -0.141. The number of rotatable bonds is 2. The van der Waals surface area contributed by atoms with E-state index in [1.807, 2.05) is 0 Å². The molecule has 2 aromatic heterocycles. The van der Waals surface area contributed by atoms with Gasteiger partial charge in [-0.3, -0.25) is 4.79 Å². The van der Waals surface area contributed by atoms with Gasteiger partial charge >= 0.3 is 6.18 Å². The number of nitrogens with zero attached hydrogens (tertiary/aromatic N) is 1. The maximum absolute atomic E-state index is 12.4. The van der Waals surface area contributed by atoms with Crippen LogP contribution >= 0.6 is 27.5 Å². The summed E-state index contributed by atoms with van der Waals surface area (Å²) in [5.74, 6) is -0.688. The lowest BCUT2D eigenvalue weighted by Crippen LogP contribution is -2.10. The SMILES string of the molecule is O=C(c1ccc(Br)o1)c1ccc(C(F)(F)F)nc1Cl. The molecular formula is C11H4BrClF3NO2. The van der Waals surface area contributed by atoms with Gasteiger partial charge in [-0.1, -0.05) is 11.6 Å². The predicted molar refractivity (Wildman–Crippen MR) is 64.1 cm³/mol. The largest absolute Gasteiger partial charge is 0.446 e. The topological polar surface area (TPSA) is 43.1 Å². The zero-order valence-electron chi connectivity index (χ0n) is 8.96. The third-order valence-corrected chi connectivity index (χ3v) is 2.90. The van der Waals surface area contributed by atoms with E-state index in [4.69, 9.17) is 16.0 Å². The van der Waals surface area contributed by atoms with Gasteiger partial charge in [0.05, 0.1) is 5.56 Å². The van der Waals surface area contributed by atoms with Gasteiger partial charge in [-0.25, -0.2) is 4.98 Å². The monoisotopic (exact) mass is 353 g/mol. The summed E-state index contributed by atoms with van der Waals surface area (Å²) in [6.45, 7) is 0. The van der Waals surface area contributed by atoms with E-state index in [1.165, 1.54) is 12.1 Å². The van der Waals surface area contributed by atoms with E-state index in [0.29, 0.717) is 10.7 Å². The fourth-order valence-electron chi connectivity index (χ4n) is 1.33. The molecule has 0 N–H and O–H groups in total. The lowest BCUT2D eigenvalue weighted by atomic mass is 10.1. The Bertz CT molecular complexity index is 639. The minimum atomic E-state index is -4.61. The standard InChI is InChI=1S/C11H4BrClF3NO2/c12-8-4-2-6(19-8)9(18)5-1-3-7(11(14,15)16)17-10(5)13/h1-4H. The molecule has 0 spiro atoms. The zero-order valence-corrected chi connectivity index (χ0v) is 11.3. The normalized spacial score (nSPS) is 11.6. The second kappa shape index (κ2) is 4.97. The maximum Gasteiger partial charge on any atom is 0.433 e. The molecule has 0 aliphatic heterocycles. The van der Waals surface area contributed by atoms with Gasteiger partial charge in [-0.15, -0.1) is 0 Å². The van der Waals surface area contributed by atoms with E-state index >= 15 is 0 Å². The molecule has 0 radical (unpaired) electrons. The van der Waals surface area contributed by atoms with Crippen molar-refractivity contribution in [2.75, 3.05) is 0 Å². The van der Waals surface area contributed by atoms with Crippen molar-refractivity contribution in [2.24, 2.45) is 0 Å². The molecule has 0 unspecified atom stereocenters. The molecule has 0 saturated heterocycles. The average Bonchev–Trinajstić information content (AvgIpc) is 2.73. The Hall–Kier alpha value is -1.34. The van der Waals surface area contributed by atoms with Gasteiger partial charge in [0.1, 0.15) is 10.8 Å². The van der Waals surface area contributed by atoms with Crippen molar-refractivity contribution in [3.05, 3.63) is 51.1 Å². The summed E-state index contributed by atoms with van der Waals surface area (Å²) in [6, 6.07) is 4.52. The van der Waals surface area contributed by atoms with Crippen LogP contribution in [0.5, 0.6) is 0 Å². The van der Waals surface area contributed by atoms with Gasteiger partial charge in [0, 0.05) is 0 Å². The van der Waals surface area contributed by atoms with E-state index < -0.39 is 22.8 Å². The van der Waals surface area contributed by atoms with Crippen molar-refractivity contribution in [3.8, 4) is 0 Å². The fourth-order valence-corrected chi connectivity index (χ4v) is 1.88. The van der Waals surface area contributed by atoms with Crippen LogP contribution in [0.4, 0.5) is 13.2 Å². The summed E-state index contributed by atoms with van der Waals surface area (Å²) in [7, 11) is 0. The minimum Gasteiger partial charge on any atom is -0.446 e. The van der Waals surface area contributed by atoms with E-state index in [0.717, 1.165) is 6.07 Å². The average molecular weight is 355 g/mol. The van der Waals surface area contributed by atoms with Crippen LogP contribution in [-0.4, -0.2) is 10.8 Å². The summed E-state index contributed by atoms with van der Waals surface area (Å²) in [4.78, 5) is 15.1. The van der Waals surface area contributed by atoms with Crippen molar-refractivity contribution in [2.45, 2.75) is 6.18 Å². The molecule has 0 fully saturated rings. The number of pyridine rings is 1. The zero-order chi connectivity index (χ0) is 14.2. The van der Waals surface area contributed by atoms with Crippen LogP contribution in [0.3, 0.4) is 0 Å². The van der Waals surface area contributed by atoms with Gasteiger partial charge in [0.2, 0.25) is 5.78 Å². The number of alkyl halides is 3. The van der Waals surface area contributed by atoms with Crippen molar-refractivity contribution < 1.29 is 22.4 Å². The molecule has 100 valence electrons. The Labute approximate surface area is 118 Å². The Morgan fingerprint density at radius 3 is 2.42 bits per heavy atom. The lowest BCUT2D eigenvalue weighted by Gasteiger charge is -2.07. The van der Waals surface area contributed by atoms with Gasteiger partial charge in [0.15, 0.2) is 10.4 Å². The summed E-state index contributed by atoms with van der Waals surface area (Å²) in [6.07, 6.45) is -4.61. The molecule has 0 aliphatic carbocycles. The first-order chi connectivity index (χ1) is 8.79. The molecule has 0 saturated carbocycles. The second-order valence-corrected chi connectivity index (χ2v) is 4.61. The molecule has 0 bridgehead atoms. The number of hydrogen-bond acceptors (Lipinski definition) is 3. The Morgan fingerprint density at radius 2 is 1.95 bits per heavy atom. The summed E-state index contributed by atoms with van der Waals surface area (Å²) >= 11 is 8.61. The molecule has 2 heterocycles. The third-order valence-electron chi connectivity index (χ3n) is 2.18. The Kier molecular flexibility index (Phi) is 3.69. The van der Waals surface area contributed by atoms with E-state index in [-0.39, 0.29) is 11.3 Å². The summed E-state index contributed by atoms with van der Waals surface area (Å²) in [5.41, 5.74) is -1.31. The number of carbonyl (C=O) groups excluding carboxylic acids is 1. The molecule has 0 aromatic carbocycles. The van der Waals surface area contributed by atoms with Crippen molar-refractivity contribution in [1.29, 1.82) is 0 Å². The van der Waals surface area contributed by atoms with Crippen LogP contribution in [0.25, 0.3) is 0 Å². The molecular weight excluding hydrogens is 350 g/mol. The first-order valence-corrected chi connectivity index (χ1v) is 6.00. The molecule has 0 amide bonds. The minimum absolute atomic E-state index is 0.0460. The number of carbonyl (C=O) groups is 1. The highest BCUT2D eigenvalue weighted by molar-refractivity contribution is 9.10. The number of hydrogen-bond donors (Lipinski definition) is 0. The van der Waals surface area contributed by atoms with E-state index in [1.54, 1.807) is 0 Å². The number of ketones is 1. The molecule has 19 heavy (non-hydrogen) atoms.